The fraction of sp³-hybridized carbons (Fsp3) is 0.600. The topological polar surface area (TPSA) is 71.1 Å². The summed E-state index contributed by atoms with van der Waals surface area (Å²) in [4.78, 5) is 0. The molecule has 0 heterocycles. The maximum Gasteiger partial charge on any atom is 0.264 e. The van der Waals surface area contributed by atoms with E-state index in [1.54, 1.807) is 0 Å². The molecule has 0 aliphatic carbocycles. The molecule has 0 atom stereocenters. The third-order valence-electron chi connectivity index (χ3n) is 2.68. The Kier molecular flexibility index (Phi) is 8.59. The standard InChI is InChI=1S/C15H24O6S/c1-4-19-15(20-5-2)14-8-6-13(7-9-14)12-18-10-11-21-22(3,16)17/h6-9,15H,4-5,10-12H2,1-3H3. The highest BCUT2D eigenvalue weighted by Crippen LogP contribution is 2.19. The van der Waals surface area contributed by atoms with Crippen molar-refractivity contribution in [2.45, 2.75) is 26.7 Å². The molecule has 0 amide bonds. The number of benzene rings is 1. The first-order valence-electron chi connectivity index (χ1n) is 7.20. The first-order valence-corrected chi connectivity index (χ1v) is 9.02. The van der Waals surface area contributed by atoms with E-state index in [2.05, 4.69) is 4.18 Å². The second-order valence-electron chi connectivity index (χ2n) is 4.56. The molecule has 0 saturated heterocycles. The van der Waals surface area contributed by atoms with Crippen LogP contribution in [0.2, 0.25) is 0 Å². The number of hydrogen-bond donors (Lipinski definition) is 0. The smallest absolute Gasteiger partial charge is 0.264 e. The minimum absolute atomic E-state index is 0.0215. The maximum absolute atomic E-state index is 10.8. The molecule has 22 heavy (non-hydrogen) atoms. The summed E-state index contributed by atoms with van der Waals surface area (Å²) in [6.07, 6.45) is 0.659. The highest BCUT2D eigenvalue weighted by Gasteiger charge is 2.10. The lowest BCUT2D eigenvalue weighted by atomic mass is 10.1. The summed E-state index contributed by atoms with van der Waals surface area (Å²) in [7, 11) is -3.40. The normalized spacial score (nSPS) is 12.0. The fourth-order valence-corrected chi connectivity index (χ4v) is 2.12. The molecule has 0 unspecified atom stereocenters. The van der Waals surface area contributed by atoms with E-state index in [-0.39, 0.29) is 19.5 Å². The van der Waals surface area contributed by atoms with Gasteiger partial charge in [-0.2, -0.15) is 8.42 Å². The molecule has 1 aromatic rings. The van der Waals surface area contributed by atoms with Gasteiger partial charge in [-0.15, -0.1) is 0 Å². The van der Waals surface area contributed by atoms with Gasteiger partial charge in [0.15, 0.2) is 6.29 Å². The van der Waals surface area contributed by atoms with Gasteiger partial charge in [0, 0.05) is 18.8 Å². The molecule has 7 heteroatoms. The number of rotatable bonds is 11. The van der Waals surface area contributed by atoms with E-state index in [9.17, 15) is 8.42 Å². The van der Waals surface area contributed by atoms with Gasteiger partial charge in [-0.25, -0.2) is 0 Å². The summed E-state index contributed by atoms with van der Waals surface area (Å²) in [5.74, 6) is 0. The molecular formula is C15H24O6S. The molecular weight excluding hydrogens is 308 g/mol. The molecule has 0 spiro atoms. The van der Waals surface area contributed by atoms with E-state index in [0.29, 0.717) is 19.8 Å². The highest BCUT2D eigenvalue weighted by atomic mass is 32.2. The summed E-state index contributed by atoms with van der Waals surface area (Å²) in [6, 6.07) is 7.72. The zero-order valence-electron chi connectivity index (χ0n) is 13.3. The second kappa shape index (κ2) is 9.91. The van der Waals surface area contributed by atoms with Gasteiger partial charge in [-0.05, 0) is 19.4 Å². The van der Waals surface area contributed by atoms with Gasteiger partial charge < -0.3 is 14.2 Å². The van der Waals surface area contributed by atoms with E-state index in [1.807, 2.05) is 38.1 Å². The average Bonchev–Trinajstić information content (AvgIpc) is 2.46. The van der Waals surface area contributed by atoms with Crippen LogP contribution < -0.4 is 0 Å². The van der Waals surface area contributed by atoms with Crippen molar-refractivity contribution < 1.29 is 26.8 Å². The molecule has 0 saturated carbocycles. The van der Waals surface area contributed by atoms with Crippen LogP contribution in [0.25, 0.3) is 0 Å². The van der Waals surface area contributed by atoms with Crippen molar-refractivity contribution >= 4 is 10.1 Å². The molecule has 0 fully saturated rings. The van der Waals surface area contributed by atoms with Crippen LogP contribution in [-0.2, 0) is 35.1 Å². The molecule has 0 aliphatic rings. The zero-order chi connectivity index (χ0) is 16.4. The quantitative estimate of drug-likeness (QED) is 0.352. The molecule has 0 aromatic heterocycles. The molecule has 0 N–H and O–H groups in total. The van der Waals surface area contributed by atoms with E-state index >= 15 is 0 Å². The molecule has 126 valence electrons. The van der Waals surface area contributed by atoms with Gasteiger partial charge >= 0.3 is 0 Å². The summed E-state index contributed by atoms with van der Waals surface area (Å²) in [5, 5.41) is 0. The van der Waals surface area contributed by atoms with Gasteiger partial charge in [0.1, 0.15) is 0 Å². The summed E-state index contributed by atoms with van der Waals surface area (Å²) < 4.78 is 42.5. The highest BCUT2D eigenvalue weighted by molar-refractivity contribution is 7.85. The maximum atomic E-state index is 10.8. The Labute approximate surface area is 132 Å². The Hall–Kier alpha value is -0.990. The summed E-state index contributed by atoms with van der Waals surface area (Å²) in [5.41, 5.74) is 1.93. The fourth-order valence-electron chi connectivity index (χ4n) is 1.75. The van der Waals surface area contributed by atoms with E-state index in [4.69, 9.17) is 14.2 Å². The third kappa shape index (κ3) is 7.86. The van der Waals surface area contributed by atoms with E-state index < -0.39 is 10.1 Å². The predicted octanol–water partition coefficient (Wildman–Crippen LogP) is 2.25. The van der Waals surface area contributed by atoms with Crippen LogP contribution in [-0.4, -0.2) is 41.1 Å². The molecule has 1 aromatic carbocycles. The van der Waals surface area contributed by atoms with Crippen molar-refractivity contribution in [3.63, 3.8) is 0 Å². The average molecular weight is 332 g/mol. The van der Waals surface area contributed by atoms with Crippen LogP contribution >= 0.6 is 0 Å². The van der Waals surface area contributed by atoms with E-state index in [1.165, 1.54) is 0 Å². The summed E-state index contributed by atoms with van der Waals surface area (Å²) >= 11 is 0. The summed E-state index contributed by atoms with van der Waals surface area (Å²) in [6.45, 7) is 5.63. The Morgan fingerprint density at radius 3 is 2.09 bits per heavy atom. The van der Waals surface area contributed by atoms with Crippen LogP contribution in [0, 0.1) is 0 Å². The molecule has 0 aliphatic heterocycles. The van der Waals surface area contributed by atoms with Crippen LogP contribution in [0.15, 0.2) is 24.3 Å². The Morgan fingerprint density at radius 1 is 1.00 bits per heavy atom. The molecule has 6 nitrogen and oxygen atoms in total. The molecule has 0 radical (unpaired) electrons. The number of hydrogen-bond acceptors (Lipinski definition) is 6. The number of ether oxygens (including phenoxy) is 3. The van der Waals surface area contributed by atoms with E-state index in [0.717, 1.165) is 17.4 Å². The first kappa shape index (κ1) is 19.1. The zero-order valence-corrected chi connectivity index (χ0v) is 14.1. The lowest BCUT2D eigenvalue weighted by molar-refractivity contribution is -0.140. The first-order chi connectivity index (χ1) is 10.5. The van der Waals surface area contributed by atoms with Crippen LogP contribution in [0.5, 0.6) is 0 Å². The van der Waals surface area contributed by atoms with Crippen LogP contribution in [0.4, 0.5) is 0 Å². The Bertz CT molecular complexity index is 505. The minimum atomic E-state index is -3.40. The van der Waals surface area contributed by atoms with Crippen molar-refractivity contribution in [3.8, 4) is 0 Å². The van der Waals surface area contributed by atoms with Gasteiger partial charge in [0.05, 0.1) is 26.1 Å². The van der Waals surface area contributed by atoms with Crippen molar-refractivity contribution in [1.82, 2.24) is 0 Å². The molecule has 1 rings (SSSR count). The predicted molar refractivity (Wildman–Crippen MR) is 82.9 cm³/mol. The second-order valence-corrected chi connectivity index (χ2v) is 6.21. The minimum Gasteiger partial charge on any atom is -0.374 e. The molecule has 0 bridgehead atoms. The monoisotopic (exact) mass is 332 g/mol. The SMILES string of the molecule is CCOC(OCC)c1ccc(COCCOS(C)(=O)=O)cc1. The Morgan fingerprint density at radius 2 is 1.59 bits per heavy atom. The van der Waals surface area contributed by atoms with Gasteiger partial charge in [-0.3, -0.25) is 4.18 Å². The van der Waals surface area contributed by atoms with Gasteiger partial charge in [0.25, 0.3) is 10.1 Å². The lowest BCUT2D eigenvalue weighted by Gasteiger charge is -2.17. The van der Waals surface area contributed by atoms with Crippen LogP contribution in [0.3, 0.4) is 0 Å². The van der Waals surface area contributed by atoms with Crippen molar-refractivity contribution in [2.75, 3.05) is 32.7 Å². The van der Waals surface area contributed by atoms with Crippen molar-refractivity contribution in [1.29, 1.82) is 0 Å². The third-order valence-corrected chi connectivity index (χ3v) is 3.28. The van der Waals surface area contributed by atoms with Crippen molar-refractivity contribution in [2.24, 2.45) is 0 Å². The lowest BCUT2D eigenvalue weighted by Crippen LogP contribution is -2.10. The Balaban J connectivity index is 2.40. The van der Waals surface area contributed by atoms with Gasteiger partial charge in [0.2, 0.25) is 0 Å². The van der Waals surface area contributed by atoms with Gasteiger partial charge in [-0.1, -0.05) is 24.3 Å². The largest absolute Gasteiger partial charge is 0.374 e. The van der Waals surface area contributed by atoms with Crippen LogP contribution in [0.1, 0.15) is 31.3 Å². The van der Waals surface area contributed by atoms with Crippen molar-refractivity contribution in [3.05, 3.63) is 35.4 Å².